The summed E-state index contributed by atoms with van der Waals surface area (Å²) >= 11 is 0. The van der Waals surface area contributed by atoms with Gasteiger partial charge in [-0.1, -0.05) is 30.3 Å². The van der Waals surface area contributed by atoms with Gasteiger partial charge in [0, 0.05) is 13.0 Å². The Labute approximate surface area is 147 Å². The molecule has 0 bridgehead atoms. The first-order chi connectivity index (χ1) is 12.1. The lowest BCUT2D eigenvalue weighted by molar-refractivity contribution is -0.00768. The monoisotopic (exact) mass is 351 g/mol. The van der Waals surface area contributed by atoms with Crippen LogP contribution in [0.2, 0.25) is 0 Å². The molecule has 0 aliphatic heterocycles. The summed E-state index contributed by atoms with van der Waals surface area (Å²) in [7, 11) is 1.69. The number of hydrogen-bond acceptors (Lipinski definition) is 3. The van der Waals surface area contributed by atoms with Crippen molar-refractivity contribution in [3.63, 3.8) is 0 Å². The standard InChI is InChI=1S/C19H26FNO4/c1-24-18-8-13-7-16(20)17(21-19(22)23)9-14(13)15(18)11-25-10-12-5-3-2-4-6-12/h2-6,13-18,21H,7-11H2,1H3,(H,22,23)/t13-,14+,15-,16+,17-,18-/m0/s1. The molecule has 2 N–H and O–H groups in total. The fraction of sp³-hybridized carbons (Fsp3) is 0.632. The summed E-state index contributed by atoms with van der Waals surface area (Å²) < 4.78 is 25.8. The largest absolute Gasteiger partial charge is 0.465 e. The van der Waals surface area contributed by atoms with Crippen LogP contribution in [0.4, 0.5) is 9.18 Å². The van der Waals surface area contributed by atoms with Gasteiger partial charge < -0.3 is 19.9 Å². The maximum absolute atomic E-state index is 14.3. The summed E-state index contributed by atoms with van der Waals surface area (Å²) in [6, 6.07) is 9.33. The van der Waals surface area contributed by atoms with E-state index < -0.39 is 18.3 Å². The van der Waals surface area contributed by atoms with Crippen molar-refractivity contribution in [2.45, 2.75) is 44.2 Å². The Morgan fingerprint density at radius 1 is 1.28 bits per heavy atom. The van der Waals surface area contributed by atoms with Crippen molar-refractivity contribution in [3.8, 4) is 0 Å². The van der Waals surface area contributed by atoms with Crippen molar-refractivity contribution in [2.75, 3.05) is 13.7 Å². The Morgan fingerprint density at radius 2 is 2.04 bits per heavy atom. The molecule has 0 heterocycles. The third-order valence-corrected chi connectivity index (χ3v) is 5.69. The number of fused-ring (bicyclic) bond motifs is 1. The summed E-state index contributed by atoms with van der Waals surface area (Å²) in [6.45, 7) is 1.08. The van der Waals surface area contributed by atoms with E-state index in [2.05, 4.69) is 5.32 Å². The van der Waals surface area contributed by atoms with Crippen molar-refractivity contribution in [1.82, 2.24) is 5.32 Å². The highest BCUT2D eigenvalue weighted by atomic mass is 19.1. The molecule has 1 aromatic rings. The highest BCUT2D eigenvalue weighted by Gasteiger charge is 2.49. The van der Waals surface area contributed by atoms with Crippen LogP contribution in [0.5, 0.6) is 0 Å². The van der Waals surface area contributed by atoms with Gasteiger partial charge in [-0.3, -0.25) is 0 Å². The second-order valence-electron chi connectivity index (χ2n) is 7.14. The predicted octanol–water partition coefficient (Wildman–Crippen LogP) is 3.24. The molecule has 25 heavy (non-hydrogen) atoms. The van der Waals surface area contributed by atoms with Crippen LogP contribution >= 0.6 is 0 Å². The van der Waals surface area contributed by atoms with Gasteiger partial charge in [0.1, 0.15) is 6.17 Å². The van der Waals surface area contributed by atoms with Crippen molar-refractivity contribution in [1.29, 1.82) is 0 Å². The van der Waals surface area contributed by atoms with Crippen LogP contribution in [0.25, 0.3) is 0 Å². The summed E-state index contributed by atoms with van der Waals surface area (Å²) in [5.74, 6) is 0.631. The quantitative estimate of drug-likeness (QED) is 0.826. The number of benzene rings is 1. The molecular weight excluding hydrogens is 325 g/mol. The minimum absolute atomic E-state index is 0.0431. The summed E-state index contributed by atoms with van der Waals surface area (Å²) in [4.78, 5) is 10.9. The van der Waals surface area contributed by atoms with E-state index in [-0.39, 0.29) is 23.9 Å². The molecule has 3 rings (SSSR count). The van der Waals surface area contributed by atoms with Crippen LogP contribution in [0, 0.1) is 17.8 Å². The van der Waals surface area contributed by atoms with Crippen LogP contribution < -0.4 is 5.32 Å². The molecule has 2 saturated carbocycles. The molecule has 0 spiro atoms. The van der Waals surface area contributed by atoms with Gasteiger partial charge in [-0.25, -0.2) is 9.18 Å². The Hall–Kier alpha value is -1.66. The van der Waals surface area contributed by atoms with Crippen LogP contribution in [0.15, 0.2) is 30.3 Å². The summed E-state index contributed by atoms with van der Waals surface area (Å²) in [6.07, 6.45) is -0.521. The lowest BCUT2D eigenvalue weighted by Gasteiger charge is -2.36. The molecule has 2 aliphatic carbocycles. The molecule has 0 radical (unpaired) electrons. The fourth-order valence-electron chi connectivity index (χ4n) is 4.50. The highest BCUT2D eigenvalue weighted by molar-refractivity contribution is 5.65. The second-order valence-corrected chi connectivity index (χ2v) is 7.14. The molecule has 1 aromatic carbocycles. The first kappa shape index (κ1) is 18.1. The molecule has 6 atom stereocenters. The van der Waals surface area contributed by atoms with E-state index in [1.165, 1.54) is 0 Å². The summed E-state index contributed by atoms with van der Waals surface area (Å²) in [5.41, 5.74) is 1.11. The first-order valence-corrected chi connectivity index (χ1v) is 8.86. The SMILES string of the molecule is CO[C@H]1C[C@@H]2C[C@@H](F)[C@@H](NC(=O)O)C[C@H]2[C@@H]1COCc1ccccc1. The maximum Gasteiger partial charge on any atom is 0.404 e. The minimum Gasteiger partial charge on any atom is -0.465 e. The Kier molecular flexibility index (Phi) is 5.91. The third kappa shape index (κ3) is 4.30. The lowest BCUT2D eigenvalue weighted by Crippen LogP contribution is -2.47. The Bertz CT molecular complexity index is 570. The van der Waals surface area contributed by atoms with E-state index in [9.17, 15) is 9.18 Å². The van der Waals surface area contributed by atoms with E-state index in [1.807, 2.05) is 30.3 Å². The molecule has 0 unspecified atom stereocenters. The number of alkyl halides is 1. The average molecular weight is 351 g/mol. The number of carboxylic acid groups (broad SMARTS) is 1. The van der Waals surface area contributed by atoms with Crippen molar-refractivity contribution in [3.05, 3.63) is 35.9 Å². The van der Waals surface area contributed by atoms with Gasteiger partial charge in [-0.2, -0.15) is 0 Å². The number of hydrogen-bond donors (Lipinski definition) is 2. The van der Waals surface area contributed by atoms with E-state index in [1.54, 1.807) is 7.11 Å². The zero-order valence-corrected chi connectivity index (χ0v) is 14.4. The molecule has 2 aliphatic rings. The third-order valence-electron chi connectivity index (χ3n) is 5.69. The first-order valence-electron chi connectivity index (χ1n) is 8.86. The van der Waals surface area contributed by atoms with Gasteiger partial charge in [0.2, 0.25) is 0 Å². The van der Waals surface area contributed by atoms with Crippen LogP contribution in [0.1, 0.15) is 24.8 Å². The molecule has 138 valence electrons. The number of methoxy groups -OCH3 is 1. The van der Waals surface area contributed by atoms with Crippen molar-refractivity contribution in [2.24, 2.45) is 17.8 Å². The van der Waals surface area contributed by atoms with E-state index in [4.69, 9.17) is 14.6 Å². The van der Waals surface area contributed by atoms with Gasteiger partial charge in [-0.15, -0.1) is 0 Å². The summed E-state index contributed by atoms with van der Waals surface area (Å²) in [5, 5.41) is 11.3. The van der Waals surface area contributed by atoms with Gasteiger partial charge in [0.15, 0.2) is 0 Å². The normalized spacial score (nSPS) is 34.5. The van der Waals surface area contributed by atoms with E-state index >= 15 is 0 Å². The van der Waals surface area contributed by atoms with Gasteiger partial charge >= 0.3 is 6.09 Å². The zero-order chi connectivity index (χ0) is 17.8. The maximum atomic E-state index is 14.3. The number of carbonyl (C=O) groups is 1. The number of amides is 1. The topological polar surface area (TPSA) is 67.8 Å². The number of nitrogens with one attached hydrogen (secondary N) is 1. The molecule has 0 aromatic heterocycles. The number of ether oxygens (including phenoxy) is 2. The fourth-order valence-corrected chi connectivity index (χ4v) is 4.50. The smallest absolute Gasteiger partial charge is 0.404 e. The van der Waals surface area contributed by atoms with Crippen LogP contribution in [-0.2, 0) is 16.1 Å². The number of halogens is 1. The molecule has 5 nitrogen and oxygen atoms in total. The highest BCUT2D eigenvalue weighted by Crippen LogP contribution is 2.47. The molecule has 1 amide bonds. The Morgan fingerprint density at radius 3 is 2.72 bits per heavy atom. The van der Waals surface area contributed by atoms with E-state index in [0.29, 0.717) is 26.1 Å². The van der Waals surface area contributed by atoms with Gasteiger partial charge in [0.05, 0.1) is 25.4 Å². The predicted molar refractivity (Wildman–Crippen MR) is 91.1 cm³/mol. The van der Waals surface area contributed by atoms with E-state index in [0.717, 1.165) is 12.0 Å². The lowest BCUT2D eigenvalue weighted by atomic mass is 9.75. The van der Waals surface area contributed by atoms with Gasteiger partial charge in [0.25, 0.3) is 0 Å². The van der Waals surface area contributed by atoms with Crippen molar-refractivity contribution < 1.29 is 23.8 Å². The minimum atomic E-state index is -1.16. The molecular formula is C19H26FNO4. The Balaban J connectivity index is 1.61. The second kappa shape index (κ2) is 8.15. The zero-order valence-electron chi connectivity index (χ0n) is 14.4. The average Bonchev–Trinajstić information content (AvgIpc) is 2.92. The van der Waals surface area contributed by atoms with Gasteiger partial charge in [-0.05, 0) is 36.7 Å². The number of rotatable bonds is 6. The molecule has 2 fully saturated rings. The van der Waals surface area contributed by atoms with Crippen LogP contribution in [-0.4, -0.2) is 43.2 Å². The molecule has 0 saturated heterocycles. The van der Waals surface area contributed by atoms with Crippen molar-refractivity contribution >= 4 is 6.09 Å². The molecule has 6 heteroatoms. The van der Waals surface area contributed by atoms with Crippen LogP contribution in [0.3, 0.4) is 0 Å².